The van der Waals surface area contributed by atoms with Crippen molar-refractivity contribution in [3.05, 3.63) is 71.3 Å². The Morgan fingerprint density at radius 2 is 1.60 bits per heavy atom. The summed E-state index contributed by atoms with van der Waals surface area (Å²) in [5, 5.41) is 2.52. The van der Waals surface area contributed by atoms with E-state index in [0.717, 1.165) is 11.1 Å². The molecule has 6 heteroatoms. The van der Waals surface area contributed by atoms with Gasteiger partial charge in [-0.3, -0.25) is 9.59 Å². The highest BCUT2D eigenvalue weighted by atomic mass is 16.5. The summed E-state index contributed by atoms with van der Waals surface area (Å²) in [6.07, 6.45) is 0.211. The molecule has 0 heterocycles. The number of carbonyl (C=O) groups is 3. The summed E-state index contributed by atoms with van der Waals surface area (Å²) in [6, 6.07) is 15.8. The van der Waals surface area contributed by atoms with Gasteiger partial charge in [0.25, 0.3) is 0 Å². The highest BCUT2D eigenvalue weighted by Gasteiger charge is 2.09. The van der Waals surface area contributed by atoms with Gasteiger partial charge in [0.05, 0.1) is 19.1 Å². The van der Waals surface area contributed by atoms with E-state index < -0.39 is 11.9 Å². The molecule has 0 aromatic heterocycles. The van der Waals surface area contributed by atoms with Crippen molar-refractivity contribution < 1.29 is 23.9 Å². The van der Waals surface area contributed by atoms with Gasteiger partial charge in [-0.1, -0.05) is 42.5 Å². The van der Waals surface area contributed by atoms with E-state index in [1.165, 1.54) is 7.11 Å². The van der Waals surface area contributed by atoms with Gasteiger partial charge in [-0.2, -0.15) is 0 Å². The molecule has 25 heavy (non-hydrogen) atoms. The second-order valence-electron chi connectivity index (χ2n) is 5.29. The standard InChI is InChI=1S/C19H19NO5/c1-24-19(23)16-9-7-15(8-10-16)13-25-18(22)12-20-17(21)11-14-5-3-2-4-6-14/h2-10H,11-13H2,1H3,(H,20,21). The van der Waals surface area contributed by atoms with Crippen LogP contribution in [0.1, 0.15) is 21.5 Å². The molecule has 0 saturated carbocycles. The molecule has 0 bridgehead atoms. The smallest absolute Gasteiger partial charge is 0.337 e. The zero-order valence-corrected chi connectivity index (χ0v) is 13.9. The average Bonchev–Trinajstić information content (AvgIpc) is 2.65. The molecule has 1 amide bonds. The van der Waals surface area contributed by atoms with Gasteiger partial charge in [0.2, 0.25) is 5.91 Å². The van der Waals surface area contributed by atoms with Crippen molar-refractivity contribution in [1.82, 2.24) is 5.32 Å². The average molecular weight is 341 g/mol. The number of methoxy groups -OCH3 is 1. The second kappa shape index (κ2) is 9.22. The van der Waals surface area contributed by atoms with E-state index in [1.54, 1.807) is 24.3 Å². The van der Waals surface area contributed by atoms with Crippen LogP contribution in [0.25, 0.3) is 0 Å². The fourth-order valence-electron chi connectivity index (χ4n) is 2.08. The number of amides is 1. The van der Waals surface area contributed by atoms with Gasteiger partial charge in [0.15, 0.2) is 0 Å². The molecule has 2 aromatic carbocycles. The van der Waals surface area contributed by atoms with Crippen LogP contribution in [0.3, 0.4) is 0 Å². The molecule has 0 aliphatic carbocycles. The number of benzene rings is 2. The third-order valence-corrected chi connectivity index (χ3v) is 3.41. The number of carbonyl (C=O) groups excluding carboxylic acids is 3. The summed E-state index contributed by atoms with van der Waals surface area (Å²) < 4.78 is 9.69. The lowest BCUT2D eigenvalue weighted by Gasteiger charge is -2.07. The van der Waals surface area contributed by atoms with Crippen LogP contribution in [0.2, 0.25) is 0 Å². The molecule has 130 valence electrons. The molecular formula is C19H19NO5. The van der Waals surface area contributed by atoms with Gasteiger partial charge in [-0.05, 0) is 23.3 Å². The van der Waals surface area contributed by atoms with Crippen molar-refractivity contribution in [3.63, 3.8) is 0 Å². The lowest BCUT2D eigenvalue weighted by molar-refractivity contribution is -0.145. The molecule has 0 fully saturated rings. The predicted molar refractivity (Wildman–Crippen MR) is 90.7 cm³/mol. The van der Waals surface area contributed by atoms with Crippen molar-refractivity contribution in [2.75, 3.05) is 13.7 Å². The van der Waals surface area contributed by atoms with Crippen LogP contribution in [0, 0.1) is 0 Å². The number of hydrogen-bond donors (Lipinski definition) is 1. The molecule has 1 N–H and O–H groups in total. The van der Waals surface area contributed by atoms with E-state index in [0.29, 0.717) is 5.56 Å². The van der Waals surface area contributed by atoms with Gasteiger partial charge in [-0.25, -0.2) is 4.79 Å². The molecule has 0 aliphatic rings. The molecule has 0 saturated heterocycles. The first kappa shape index (κ1) is 18.2. The zero-order chi connectivity index (χ0) is 18.1. The van der Waals surface area contributed by atoms with Crippen LogP contribution in [0.5, 0.6) is 0 Å². The largest absolute Gasteiger partial charge is 0.465 e. The van der Waals surface area contributed by atoms with Gasteiger partial charge >= 0.3 is 11.9 Å². The Labute approximate surface area is 145 Å². The lowest BCUT2D eigenvalue weighted by Crippen LogP contribution is -2.31. The number of rotatable bonds is 7. The first-order valence-corrected chi connectivity index (χ1v) is 7.72. The fourth-order valence-corrected chi connectivity index (χ4v) is 2.08. The molecule has 2 aromatic rings. The third-order valence-electron chi connectivity index (χ3n) is 3.41. The van der Waals surface area contributed by atoms with Crippen molar-refractivity contribution in [2.45, 2.75) is 13.0 Å². The van der Waals surface area contributed by atoms with E-state index in [-0.39, 0.29) is 25.5 Å². The number of ether oxygens (including phenoxy) is 2. The second-order valence-corrected chi connectivity index (χ2v) is 5.29. The van der Waals surface area contributed by atoms with E-state index in [1.807, 2.05) is 30.3 Å². The Hall–Kier alpha value is -3.15. The van der Waals surface area contributed by atoms with Crippen LogP contribution in [-0.2, 0) is 32.1 Å². The normalized spacial score (nSPS) is 9.96. The maximum absolute atomic E-state index is 11.8. The van der Waals surface area contributed by atoms with Gasteiger partial charge in [-0.15, -0.1) is 0 Å². The Bertz CT molecular complexity index is 725. The predicted octanol–water partition coefficient (Wildman–Crippen LogP) is 1.88. The molecule has 2 rings (SSSR count). The van der Waals surface area contributed by atoms with Crippen LogP contribution < -0.4 is 5.32 Å². The minimum absolute atomic E-state index is 0.0643. The first-order valence-electron chi connectivity index (χ1n) is 7.72. The molecule has 0 unspecified atom stereocenters. The summed E-state index contributed by atoms with van der Waals surface area (Å²) in [7, 11) is 1.31. The minimum Gasteiger partial charge on any atom is -0.465 e. The van der Waals surface area contributed by atoms with Crippen LogP contribution in [0.15, 0.2) is 54.6 Å². The van der Waals surface area contributed by atoms with Gasteiger partial charge in [0, 0.05) is 0 Å². The molecule has 0 spiro atoms. The SMILES string of the molecule is COC(=O)c1ccc(COC(=O)CNC(=O)Cc2ccccc2)cc1. The van der Waals surface area contributed by atoms with E-state index in [2.05, 4.69) is 10.1 Å². The van der Waals surface area contributed by atoms with Crippen LogP contribution in [-0.4, -0.2) is 31.5 Å². The van der Waals surface area contributed by atoms with E-state index >= 15 is 0 Å². The van der Waals surface area contributed by atoms with Crippen molar-refractivity contribution in [2.24, 2.45) is 0 Å². The maximum Gasteiger partial charge on any atom is 0.337 e. The lowest BCUT2D eigenvalue weighted by atomic mass is 10.1. The molecule has 0 aliphatic heterocycles. The highest BCUT2D eigenvalue weighted by Crippen LogP contribution is 2.07. The van der Waals surface area contributed by atoms with Crippen LogP contribution in [0.4, 0.5) is 0 Å². The minimum atomic E-state index is -0.529. The van der Waals surface area contributed by atoms with E-state index in [4.69, 9.17) is 4.74 Å². The summed E-state index contributed by atoms with van der Waals surface area (Å²) in [5.74, 6) is -1.20. The van der Waals surface area contributed by atoms with Crippen molar-refractivity contribution in [3.8, 4) is 0 Å². The van der Waals surface area contributed by atoms with E-state index in [9.17, 15) is 14.4 Å². The Morgan fingerprint density at radius 3 is 2.24 bits per heavy atom. The number of esters is 2. The van der Waals surface area contributed by atoms with Gasteiger partial charge in [0.1, 0.15) is 13.2 Å². The highest BCUT2D eigenvalue weighted by molar-refractivity contribution is 5.89. The Kier molecular flexibility index (Phi) is 6.71. The molecule has 0 atom stereocenters. The molecule has 0 radical (unpaired) electrons. The van der Waals surface area contributed by atoms with Gasteiger partial charge < -0.3 is 14.8 Å². The maximum atomic E-state index is 11.8. The molecule has 6 nitrogen and oxygen atoms in total. The third kappa shape index (κ3) is 6.10. The van der Waals surface area contributed by atoms with Crippen molar-refractivity contribution >= 4 is 17.8 Å². The Morgan fingerprint density at radius 1 is 0.920 bits per heavy atom. The summed E-state index contributed by atoms with van der Waals surface area (Å²) in [4.78, 5) is 34.8. The van der Waals surface area contributed by atoms with Crippen molar-refractivity contribution in [1.29, 1.82) is 0 Å². The monoisotopic (exact) mass is 341 g/mol. The summed E-state index contributed by atoms with van der Waals surface area (Å²) in [6.45, 7) is -0.124. The number of nitrogens with one attached hydrogen (secondary N) is 1. The zero-order valence-electron chi connectivity index (χ0n) is 13.9. The summed E-state index contributed by atoms with van der Waals surface area (Å²) >= 11 is 0. The Balaban J connectivity index is 1.71. The van der Waals surface area contributed by atoms with Crippen LogP contribution >= 0.6 is 0 Å². The first-order chi connectivity index (χ1) is 12.1. The molecular weight excluding hydrogens is 322 g/mol. The quantitative estimate of drug-likeness (QED) is 0.778. The summed E-state index contributed by atoms with van der Waals surface area (Å²) in [5.41, 5.74) is 2.03. The topological polar surface area (TPSA) is 81.7 Å². The fraction of sp³-hybridized carbons (Fsp3) is 0.211. The number of hydrogen-bond acceptors (Lipinski definition) is 5.